The molecular weight excluding hydrogens is 278 g/mol. The summed E-state index contributed by atoms with van der Waals surface area (Å²) in [4.78, 5) is 29.0. The third-order valence-corrected chi connectivity index (χ3v) is 5.63. The average Bonchev–Trinajstić information content (AvgIpc) is 2.82. The predicted molar refractivity (Wildman–Crippen MR) is 83.5 cm³/mol. The fourth-order valence-corrected chi connectivity index (χ4v) is 4.43. The van der Waals surface area contributed by atoms with Gasteiger partial charge in [0, 0.05) is 31.7 Å². The predicted octanol–water partition coefficient (Wildman–Crippen LogP) is 1.23. The molecule has 4 heterocycles. The van der Waals surface area contributed by atoms with E-state index in [1.807, 2.05) is 29.2 Å². The lowest BCUT2D eigenvalue weighted by Crippen LogP contribution is -2.62. The van der Waals surface area contributed by atoms with Crippen molar-refractivity contribution in [1.29, 1.82) is 0 Å². The van der Waals surface area contributed by atoms with Crippen molar-refractivity contribution in [3.05, 3.63) is 29.8 Å². The molecule has 3 saturated heterocycles. The van der Waals surface area contributed by atoms with E-state index in [1.165, 1.54) is 0 Å². The van der Waals surface area contributed by atoms with Crippen molar-refractivity contribution in [1.82, 2.24) is 4.90 Å². The molecule has 22 heavy (non-hydrogen) atoms. The normalized spacial score (nSPS) is 33.1. The van der Waals surface area contributed by atoms with Crippen LogP contribution in [0.2, 0.25) is 0 Å². The second-order valence-corrected chi connectivity index (χ2v) is 6.77. The molecule has 5 rings (SSSR count). The minimum atomic E-state index is -0.411. The molecule has 2 amide bonds. The third-order valence-electron chi connectivity index (χ3n) is 5.63. The summed E-state index contributed by atoms with van der Waals surface area (Å²) in [5.74, 6) is -0.746. The van der Waals surface area contributed by atoms with Gasteiger partial charge in [-0.2, -0.15) is 0 Å². The Kier molecular flexibility index (Phi) is 3.01. The Bertz CT molecular complexity index is 621. The van der Waals surface area contributed by atoms with Gasteiger partial charge in [-0.15, -0.1) is 0 Å². The molecule has 2 N–H and O–H groups in total. The molecule has 5 heteroatoms. The van der Waals surface area contributed by atoms with E-state index in [1.54, 1.807) is 0 Å². The number of carbonyl (C=O) groups is 2. The number of anilines is 1. The first-order valence-corrected chi connectivity index (χ1v) is 8.04. The first-order valence-electron chi connectivity index (χ1n) is 8.04. The Morgan fingerprint density at radius 1 is 1.18 bits per heavy atom. The van der Waals surface area contributed by atoms with Crippen molar-refractivity contribution < 1.29 is 9.59 Å². The first kappa shape index (κ1) is 13.8. The Morgan fingerprint density at radius 3 is 2.45 bits per heavy atom. The van der Waals surface area contributed by atoms with Crippen LogP contribution in [-0.4, -0.2) is 41.9 Å². The molecule has 2 bridgehead atoms. The number of nitrogens with two attached hydrogens (primary N) is 1. The van der Waals surface area contributed by atoms with Crippen LogP contribution < -0.4 is 10.6 Å². The highest BCUT2D eigenvalue weighted by molar-refractivity contribution is 6.07. The summed E-state index contributed by atoms with van der Waals surface area (Å²) in [5, 5.41) is 0. The highest BCUT2D eigenvalue weighted by atomic mass is 16.2. The molecule has 4 aliphatic rings. The molecule has 1 aromatic carbocycles. The van der Waals surface area contributed by atoms with Crippen molar-refractivity contribution in [2.24, 2.45) is 5.73 Å². The van der Waals surface area contributed by atoms with Gasteiger partial charge in [0.15, 0.2) is 0 Å². The van der Waals surface area contributed by atoms with Gasteiger partial charge in [0.1, 0.15) is 0 Å². The number of para-hydroxylation sites is 1. The van der Waals surface area contributed by atoms with Gasteiger partial charge in [-0.3, -0.25) is 9.59 Å². The van der Waals surface area contributed by atoms with Gasteiger partial charge in [-0.05, 0) is 30.9 Å². The van der Waals surface area contributed by atoms with Crippen molar-refractivity contribution in [2.75, 3.05) is 24.5 Å². The molecule has 1 unspecified atom stereocenters. The number of hydrogen-bond acceptors (Lipinski definition) is 3. The van der Waals surface area contributed by atoms with Gasteiger partial charge in [0.25, 0.3) is 0 Å². The summed E-state index contributed by atoms with van der Waals surface area (Å²) in [6.07, 6.45) is 3.18. The number of amides is 2. The number of fused-ring (bicyclic) bond motifs is 4. The van der Waals surface area contributed by atoms with E-state index in [9.17, 15) is 9.59 Å². The SMILES string of the molecule is NC(=O)CC1C(=O)N(C23CCN(CC2)CC3)c2ccccc21. The van der Waals surface area contributed by atoms with Gasteiger partial charge < -0.3 is 15.5 Å². The molecule has 1 aromatic rings. The molecule has 0 aliphatic carbocycles. The maximum absolute atomic E-state index is 13.1. The fraction of sp³-hybridized carbons (Fsp3) is 0.529. The highest BCUT2D eigenvalue weighted by Crippen LogP contribution is 2.48. The number of benzene rings is 1. The smallest absolute Gasteiger partial charge is 0.235 e. The van der Waals surface area contributed by atoms with E-state index in [2.05, 4.69) is 4.90 Å². The van der Waals surface area contributed by atoms with Crippen LogP contribution in [0.3, 0.4) is 0 Å². The maximum atomic E-state index is 13.1. The van der Waals surface area contributed by atoms with E-state index in [0.29, 0.717) is 0 Å². The van der Waals surface area contributed by atoms with Crippen molar-refractivity contribution in [3.8, 4) is 0 Å². The number of rotatable bonds is 3. The fourth-order valence-electron chi connectivity index (χ4n) is 4.43. The molecule has 0 radical (unpaired) electrons. The lowest BCUT2D eigenvalue weighted by molar-refractivity contribution is -0.125. The molecule has 3 fully saturated rings. The molecule has 1 atom stereocenters. The minimum absolute atomic E-state index is 0.0612. The van der Waals surface area contributed by atoms with Crippen LogP contribution in [-0.2, 0) is 9.59 Å². The van der Waals surface area contributed by atoms with Gasteiger partial charge in [-0.25, -0.2) is 0 Å². The topological polar surface area (TPSA) is 66.6 Å². The Balaban J connectivity index is 1.76. The summed E-state index contributed by atoms with van der Waals surface area (Å²) >= 11 is 0. The van der Waals surface area contributed by atoms with Crippen LogP contribution in [0.5, 0.6) is 0 Å². The number of primary amides is 1. The van der Waals surface area contributed by atoms with Crippen LogP contribution >= 0.6 is 0 Å². The molecule has 0 saturated carbocycles. The van der Waals surface area contributed by atoms with Crippen molar-refractivity contribution in [3.63, 3.8) is 0 Å². The van der Waals surface area contributed by atoms with E-state index in [0.717, 1.165) is 50.1 Å². The second-order valence-electron chi connectivity index (χ2n) is 6.77. The second kappa shape index (κ2) is 4.81. The summed E-state index contributed by atoms with van der Waals surface area (Å²) < 4.78 is 0. The minimum Gasteiger partial charge on any atom is -0.370 e. The molecule has 0 spiro atoms. The summed E-state index contributed by atoms with van der Waals surface area (Å²) in [6.45, 7) is 3.19. The number of nitrogens with zero attached hydrogens (tertiary/aromatic N) is 2. The number of hydrogen-bond donors (Lipinski definition) is 1. The zero-order chi connectivity index (χ0) is 15.3. The zero-order valence-corrected chi connectivity index (χ0v) is 12.6. The Labute approximate surface area is 130 Å². The monoisotopic (exact) mass is 299 g/mol. The maximum Gasteiger partial charge on any atom is 0.235 e. The van der Waals surface area contributed by atoms with E-state index in [-0.39, 0.29) is 17.9 Å². The lowest BCUT2D eigenvalue weighted by atomic mass is 9.78. The number of piperidine rings is 3. The summed E-state index contributed by atoms with van der Waals surface area (Å²) in [7, 11) is 0. The number of carbonyl (C=O) groups excluding carboxylic acids is 2. The quantitative estimate of drug-likeness (QED) is 0.913. The van der Waals surface area contributed by atoms with Crippen LogP contribution in [0.4, 0.5) is 5.69 Å². The van der Waals surface area contributed by atoms with E-state index < -0.39 is 11.8 Å². The third kappa shape index (κ3) is 1.88. The van der Waals surface area contributed by atoms with Gasteiger partial charge >= 0.3 is 0 Å². The first-order chi connectivity index (χ1) is 10.6. The van der Waals surface area contributed by atoms with E-state index >= 15 is 0 Å². The molecule has 0 aromatic heterocycles. The van der Waals surface area contributed by atoms with Crippen LogP contribution in [0.15, 0.2) is 24.3 Å². The molecule has 116 valence electrons. The van der Waals surface area contributed by atoms with Crippen molar-refractivity contribution >= 4 is 17.5 Å². The Hall–Kier alpha value is -1.88. The Morgan fingerprint density at radius 2 is 1.82 bits per heavy atom. The standard InChI is InChI=1S/C17H21N3O2/c18-15(21)11-13-12-3-1-2-4-14(12)20(16(13)22)17-5-8-19(9-6-17)10-7-17/h1-4,13H,5-11H2,(H2,18,21). The zero-order valence-electron chi connectivity index (χ0n) is 12.6. The van der Waals surface area contributed by atoms with Crippen LogP contribution in [0, 0.1) is 0 Å². The van der Waals surface area contributed by atoms with Gasteiger partial charge in [0.2, 0.25) is 11.8 Å². The van der Waals surface area contributed by atoms with Crippen LogP contribution in [0.1, 0.15) is 37.2 Å². The molecule has 4 aliphatic heterocycles. The largest absolute Gasteiger partial charge is 0.370 e. The summed E-state index contributed by atoms with van der Waals surface area (Å²) in [6, 6.07) is 7.89. The van der Waals surface area contributed by atoms with E-state index in [4.69, 9.17) is 5.73 Å². The van der Waals surface area contributed by atoms with Crippen LogP contribution in [0.25, 0.3) is 0 Å². The van der Waals surface area contributed by atoms with Gasteiger partial charge in [0.05, 0.1) is 11.5 Å². The molecule has 5 nitrogen and oxygen atoms in total. The molecular formula is C17H21N3O2. The highest BCUT2D eigenvalue weighted by Gasteiger charge is 2.51. The van der Waals surface area contributed by atoms with Gasteiger partial charge in [-0.1, -0.05) is 18.2 Å². The lowest BCUT2D eigenvalue weighted by Gasteiger charge is -2.53. The van der Waals surface area contributed by atoms with Crippen molar-refractivity contribution in [2.45, 2.75) is 37.1 Å². The summed E-state index contributed by atoms with van der Waals surface area (Å²) in [5.41, 5.74) is 7.27. The average molecular weight is 299 g/mol.